The predicted octanol–water partition coefficient (Wildman–Crippen LogP) is 4.38. The lowest BCUT2D eigenvalue weighted by Gasteiger charge is -2.44. The number of fused-ring (bicyclic) bond motifs is 2. The van der Waals surface area contributed by atoms with E-state index in [0.29, 0.717) is 27.7 Å². The molecule has 1 spiro atoms. The zero-order valence-electron chi connectivity index (χ0n) is 19.7. The van der Waals surface area contributed by atoms with Gasteiger partial charge in [-0.2, -0.15) is 0 Å². The minimum atomic E-state index is -0.492. The number of urea groups is 1. The molecule has 1 aliphatic carbocycles. The van der Waals surface area contributed by atoms with Crippen LogP contribution in [-0.4, -0.2) is 41.8 Å². The normalized spacial score (nSPS) is 23.0. The quantitative estimate of drug-likeness (QED) is 0.417. The van der Waals surface area contributed by atoms with Crippen LogP contribution in [0, 0.1) is 18.2 Å². The molecule has 6 rings (SSSR count). The van der Waals surface area contributed by atoms with Crippen molar-refractivity contribution in [2.45, 2.75) is 45.1 Å². The molecule has 1 aromatic carbocycles. The number of aryl methyl sites for hydroxylation is 1. The number of hydrogen-bond donors (Lipinski definition) is 4. The minimum Gasteiger partial charge on any atom is -0.396 e. The molecule has 1 saturated heterocycles. The fourth-order valence-electron chi connectivity index (χ4n) is 5.78. The van der Waals surface area contributed by atoms with Gasteiger partial charge in [0.25, 0.3) is 0 Å². The Balaban J connectivity index is 1.26. The van der Waals surface area contributed by atoms with Crippen molar-refractivity contribution in [1.29, 1.82) is 0 Å². The van der Waals surface area contributed by atoms with E-state index in [4.69, 9.17) is 10.5 Å². The maximum Gasteiger partial charge on any atom is 0.320 e. The zero-order valence-corrected chi connectivity index (χ0v) is 19.7. The summed E-state index contributed by atoms with van der Waals surface area (Å²) in [5.41, 5.74) is 10.5. The second kappa shape index (κ2) is 8.34. The smallest absolute Gasteiger partial charge is 0.320 e. The molecule has 35 heavy (non-hydrogen) atoms. The maximum atomic E-state index is 15.4. The lowest BCUT2D eigenvalue weighted by molar-refractivity contribution is 0.0639. The van der Waals surface area contributed by atoms with Crippen molar-refractivity contribution in [3.8, 4) is 11.1 Å². The van der Waals surface area contributed by atoms with E-state index < -0.39 is 5.82 Å². The van der Waals surface area contributed by atoms with Crippen molar-refractivity contribution in [3.05, 3.63) is 41.6 Å². The van der Waals surface area contributed by atoms with Crippen molar-refractivity contribution < 1.29 is 13.9 Å². The van der Waals surface area contributed by atoms with E-state index in [9.17, 15) is 4.79 Å². The van der Waals surface area contributed by atoms with Crippen LogP contribution in [0.3, 0.4) is 0 Å². The Morgan fingerprint density at radius 2 is 2.11 bits per heavy atom. The van der Waals surface area contributed by atoms with Crippen LogP contribution in [-0.2, 0) is 11.2 Å². The highest BCUT2D eigenvalue weighted by Crippen LogP contribution is 2.47. The number of nitrogen functional groups attached to an aromatic ring is 1. The summed E-state index contributed by atoms with van der Waals surface area (Å²) in [6, 6.07) is 3.31. The first-order valence-electron chi connectivity index (χ1n) is 12.2. The summed E-state index contributed by atoms with van der Waals surface area (Å²) in [6.07, 6.45) is 8.10. The number of amides is 2. The highest BCUT2D eigenvalue weighted by Gasteiger charge is 2.47. The van der Waals surface area contributed by atoms with E-state index >= 15 is 4.39 Å². The van der Waals surface area contributed by atoms with Gasteiger partial charge in [-0.05, 0) is 67.5 Å². The van der Waals surface area contributed by atoms with Gasteiger partial charge >= 0.3 is 6.03 Å². The number of hydrogen-bond acceptors (Lipinski definition) is 6. The van der Waals surface area contributed by atoms with E-state index in [2.05, 4.69) is 25.9 Å². The van der Waals surface area contributed by atoms with Gasteiger partial charge in [-0.15, -0.1) is 0 Å². The van der Waals surface area contributed by atoms with E-state index in [1.54, 1.807) is 18.3 Å². The number of anilines is 3. The Morgan fingerprint density at radius 1 is 1.26 bits per heavy atom. The molecule has 0 unspecified atom stereocenters. The molecular formula is C26H29FN6O2. The summed E-state index contributed by atoms with van der Waals surface area (Å²) in [7, 11) is 0. The molecule has 3 aliphatic rings. The van der Waals surface area contributed by atoms with Gasteiger partial charge in [0.05, 0.1) is 23.7 Å². The molecule has 0 atom stereocenters. The number of benzene rings is 1. The van der Waals surface area contributed by atoms with Gasteiger partial charge in [0, 0.05) is 48.1 Å². The predicted molar refractivity (Wildman–Crippen MR) is 134 cm³/mol. The Morgan fingerprint density at radius 3 is 2.91 bits per heavy atom. The van der Waals surface area contributed by atoms with Crippen molar-refractivity contribution >= 4 is 34.0 Å². The highest BCUT2D eigenvalue weighted by atomic mass is 19.1. The molecule has 4 heterocycles. The van der Waals surface area contributed by atoms with Gasteiger partial charge in [-0.3, -0.25) is 10.3 Å². The van der Waals surface area contributed by atoms with Crippen LogP contribution in [0.25, 0.3) is 21.9 Å². The van der Waals surface area contributed by atoms with Gasteiger partial charge in [0.2, 0.25) is 0 Å². The fraction of sp³-hybridized carbons (Fsp3) is 0.423. The van der Waals surface area contributed by atoms with Crippen LogP contribution in [0.4, 0.5) is 26.4 Å². The molecule has 2 fully saturated rings. The molecular weight excluding hydrogens is 447 g/mol. The van der Waals surface area contributed by atoms with E-state index in [0.717, 1.165) is 68.8 Å². The number of halogens is 1. The van der Waals surface area contributed by atoms with Crippen LogP contribution < -0.4 is 21.7 Å². The highest BCUT2D eigenvalue weighted by molar-refractivity contribution is 6.00. The number of nitrogens with two attached hydrogens (primary N) is 1. The minimum absolute atomic E-state index is 0.0321. The Hall–Kier alpha value is -3.46. The third-order valence-corrected chi connectivity index (χ3v) is 7.72. The number of aromatic nitrogens is 2. The number of ether oxygens (including phenoxy) is 1. The monoisotopic (exact) mass is 476 g/mol. The zero-order chi connectivity index (χ0) is 24.2. The van der Waals surface area contributed by atoms with Crippen molar-refractivity contribution in [2.75, 3.05) is 36.1 Å². The van der Waals surface area contributed by atoms with Crippen LogP contribution in [0.2, 0.25) is 0 Å². The molecule has 9 heteroatoms. The topological polar surface area (TPSA) is 114 Å². The third-order valence-electron chi connectivity index (χ3n) is 7.72. The second-order valence-corrected chi connectivity index (χ2v) is 10.1. The average Bonchev–Trinajstić information content (AvgIpc) is 3.32. The largest absolute Gasteiger partial charge is 0.396 e. The Bertz CT molecular complexity index is 1330. The molecule has 3 aromatic rings. The number of carbonyl (C=O) groups excluding carboxylic acids is 1. The van der Waals surface area contributed by atoms with E-state index in [1.807, 2.05) is 6.92 Å². The lowest BCUT2D eigenvalue weighted by atomic mass is 9.65. The van der Waals surface area contributed by atoms with E-state index in [1.165, 1.54) is 6.20 Å². The third kappa shape index (κ3) is 3.83. The van der Waals surface area contributed by atoms with Crippen molar-refractivity contribution in [3.63, 3.8) is 0 Å². The maximum absolute atomic E-state index is 15.4. The average molecular weight is 477 g/mol. The standard InChI is InChI=1S/C26H29FN6O2/c1-14-18(11-30-20-3-2-5-29-24(14)20)17-7-15-8-21(31-12-19(15)23(28)22(17)27)33-25(34)32-16-9-26(10-16)4-6-35-13-26/h7-8,11-12,16,29H,2-6,9-10,13,28H2,1H3,(H2,31,32,33,34)/t16-,26-. The summed E-state index contributed by atoms with van der Waals surface area (Å²) in [4.78, 5) is 21.4. The van der Waals surface area contributed by atoms with Gasteiger partial charge in [0.1, 0.15) is 5.82 Å². The molecule has 2 aromatic heterocycles. The van der Waals surface area contributed by atoms with Gasteiger partial charge in [-0.1, -0.05) is 0 Å². The molecule has 2 aliphatic heterocycles. The first kappa shape index (κ1) is 22.0. The molecule has 2 amide bonds. The first-order chi connectivity index (χ1) is 16.9. The number of rotatable bonds is 3. The Kier molecular flexibility index (Phi) is 5.25. The summed E-state index contributed by atoms with van der Waals surface area (Å²) < 4.78 is 20.9. The lowest BCUT2D eigenvalue weighted by Crippen LogP contribution is -2.52. The molecule has 5 N–H and O–H groups in total. The van der Waals surface area contributed by atoms with Gasteiger partial charge < -0.3 is 21.1 Å². The van der Waals surface area contributed by atoms with Crippen LogP contribution in [0.15, 0.2) is 24.5 Å². The summed E-state index contributed by atoms with van der Waals surface area (Å²) in [6.45, 7) is 4.44. The van der Waals surface area contributed by atoms with Gasteiger partial charge in [0.15, 0.2) is 5.82 Å². The summed E-state index contributed by atoms with van der Waals surface area (Å²) in [5, 5.41) is 10.4. The SMILES string of the molecule is Cc1c(-c2cc3cc(NC(=O)N[C@H]4C[C@@]5(CCOC5)C4)ncc3c(N)c2F)cnc2c1NCCC2. The second-order valence-electron chi connectivity index (χ2n) is 10.1. The van der Waals surface area contributed by atoms with Crippen LogP contribution in [0.5, 0.6) is 0 Å². The number of carbonyl (C=O) groups is 1. The fourth-order valence-corrected chi connectivity index (χ4v) is 5.78. The number of nitrogens with zero attached hydrogens (tertiary/aromatic N) is 2. The van der Waals surface area contributed by atoms with Gasteiger partial charge in [-0.25, -0.2) is 14.2 Å². The molecule has 8 nitrogen and oxygen atoms in total. The molecule has 0 bridgehead atoms. The number of nitrogens with one attached hydrogen (secondary N) is 3. The van der Waals surface area contributed by atoms with Crippen molar-refractivity contribution in [2.24, 2.45) is 5.41 Å². The summed E-state index contributed by atoms with van der Waals surface area (Å²) in [5.74, 6) is -0.111. The molecule has 1 saturated carbocycles. The van der Waals surface area contributed by atoms with Crippen LogP contribution >= 0.6 is 0 Å². The molecule has 0 radical (unpaired) electrons. The van der Waals surface area contributed by atoms with Crippen molar-refractivity contribution in [1.82, 2.24) is 15.3 Å². The Labute approximate surface area is 202 Å². The van der Waals surface area contributed by atoms with E-state index in [-0.39, 0.29) is 23.2 Å². The number of pyridine rings is 2. The summed E-state index contributed by atoms with van der Waals surface area (Å²) >= 11 is 0. The van der Waals surface area contributed by atoms with Crippen LogP contribution in [0.1, 0.15) is 36.9 Å². The molecule has 182 valence electrons. The first-order valence-corrected chi connectivity index (χ1v) is 12.2.